The highest BCUT2D eigenvalue weighted by Gasteiger charge is 2.08. The number of hydrogen-bond acceptors (Lipinski definition) is 2. The van der Waals surface area contributed by atoms with Crippen LogP contribution in [0.3, 0.4) is 0 Å². The maximum Gasteiger partial charge on any atom is 0.124 e. The highest BCUT2D eigenvalue weighted by atomic mass is 35.5. The highest BCUT2D eigenvalue weighted by molar-refractivity contribution is 6.35. The van der Waals surface area contributed by atoms with Crippen LogP contribution in [0.2, 0.25) is 10.0 Å². The van der Waals surface area contributed by atoms with E-state index in [0.29, 0.717) is 11.6 Å². The zero-order chi connectivity index (χ0) is 17.6. The molecule has 0 aliphatic heterocycles. The molecule has 0 fully saturated rings. The van der Waals surface area contributed by atoms with Gasteiger partial charge in [0, 0.05) is 22.2 Å². The van der Waals surface area contributed by atoms with Crippen LogP contribution in [-0.4, -0.2) is 13.2 Å². The summed E-state index contributed by atoms with van der Waals surface area (Å²) < 4.78 is 5.82. The Morgan fingerprint density at radius 3 is 2.64 bits per heavy atom. The van der Waals surface area contributed by atoms with E-state index in [9.17, 15) is 0 Å². The number of fused-ring (bicyclic) bond motifs is 1. The third-order valence-electron chi connectivity index (χ3n) is 4.19. The molecule has 0 aliphatic rings. The number of hydrogen-bond donors (Lipinski definition) is 1. The van der Waals surface area contributed by atoms with E-state index in [0.717, 1.165) is 35.8 Å². The first-order chi connectivity index (χ1) is 12.2. The van der Waals surface area contributed by atoms with Crippen molar-refractivity contribution in [2.24, 2.45) is 0 Å². The Morgan fingerprint density at radius 1 is 1.00 bits per heavy atom. The van der Waals surface area contributed by atoms with E-state index in [2.05, 4.69) is 41.7 Å². The first-order valence-corrected chi connectivity index (χ1v) is 9.22. The molecule has 0 unspecified atom stereocenters. The summed E-state index contributed by atoms with van der Waals surface area (Å²) in [6.07, 6.45) is 0.852. The summed E-state index contributed by atoms with van der Waals surface area (Å²) in [5, 5.41) is 7.35. The molecule has 4 heteroatoms. The molecule has 0 heterocycles. The average Bonchev–Trinajstić information content (AvgIpc) is 2.61. The zero-order valence-corrected chi connectivity index (χ0v) is 15.7. The van der Waals surface area contributed by atoms with Crippen LogP contribution in [0.4, 0.5) is 0 Å². The van der Waals surface area contributed by atoms with Crippen LogP contribution in [0.25, 0.3) is 10.8 Å². The monoisotopic (exact) mass is 373 g/mol. The predicted molar refractivity (Wildman–Crippen MR) is 107 cm³/mol. The number of rotatable bonds is 7. The van der Waals surface area contributed by atoms with Crippen LogP contribution in [0.1, 0.15) is 18.1 Å². The normalized spacial score (nSPS) is 11.0. The Bertz CT molecular complexity index is 864. The second-order valence-electron chi connectivity index (χ2n) is 5.86. The van der Waals surface area contributed by atoms with Crippen molar-refractivity contribution >= 4 is 34.0 Å². The van der Waals surface area contributed by atoms with Gasteiger partial charge in [-0.1, -0.05) is 59.6 Å². The van der Waals surface area contributed by atoms with Gasteiger partial charge in [-0.2, -0.15) is 0 Å². The van der Waals surface area contributed by atoms with Crippen LogP contribution in [0.15, 0.2) is 54.6 Å². The lowest BCUT2D eigenvalue weighted by atomic mass is 10.0. The van der Waals surface area contributed by atoms with Gasteiger partial charge in [-0.15, -0.1) is 0 Å². The Hall–Kier alpha value is -1.74. The number of benzene rings is 3. The van der Waals surface area contributed by atoms with E-state index < -0.39 is 0 Å². The van der Waals surface area contributed by atoms with Crippen molar-refractivity contribution in [3.8, 4) is 5.75 Å². The quantitative estimate of drug-likeness (QED) is 0.522. The van der Waals surface area contributed by atoms with Crippen molar-refractivity contribution in [1.29, 1.82) is 0 Å². The second kappa shape index (κ2) is 8.57. The molecule has 0 saturated heterocycles. The molecule has 1 N–H and O–H groups in total. The van der Waals surface area contributed by atoms with E-state index >= 15 is 0 Å². The molecular weight excluding hydrogens is 353 g/mol. The van der Waals surface area contributed by atoms with Crippen LogP contribution >= 0.6 is 23.2 Å². The molecule has 0 aromatic heterocycles. The Labute approximate surface area is 158 Å². The van der Waals surface area contributed by atoms with E-state index in [1.54, 1.807) is 6.07 Å². The summed E-state index contributed by atoms with van der Waals surface area (Å²) in [5.74, 6) is 0.943. The molecule has 0 spiro atoms. The maximum atomic E-state index is 6.24. The number of halogens is 2. The first-order valence-electron chi connectivity index (χ1n) is 8.47. The fourth-order valence-electron chi connectivity index (χ4n) is 2.95. The Morgan fingerprint density at radius 2 is 1.84 bits per heavy atom. The molecule has 2 nitrogen and oxygen atoms in total. The molecule has 3 aromatic rings. The minimum absolute atomic E-state index is 0.658. The van der Waals surface area contributed by atoms with Gasteiger partial charge in [0.1, 0.15) is 5.75 Å². The van der Waals surface area contributed by atoms with Gasteiger partial charge < -0.3 is 10.1 Å². The minimum atomic E-state index is 0.658. The highest BCUT2D eigenvalue weighted by Crippen LogP contribution is 2.28. The van der Waals surface area contributed by atoms with Gasteiger partial charge in [-0.3, -0.25) is 0 Å². The van der Waals surface area contributed by atoms with Gasteiger partial charge in [-0.25, -0.2) is 0 Å². The lowest BCUT2D eigenvalue weighted by Gasteiger charge is -2.14. The predicted octanol–water partition coefficient (Wildman–Crippen LogP) is 5.88. The minimum Gasteiger partial charge on any atom is -0.494 e. The molecule has 0 aliphatic carbocycles. The topological polar surface area (TPSA) is 21.3 Å². The molecular formula is C21H21Cl2NO. The van der Waals surface area contributed by atoms with Gasteiger partial charge in [0.05, 0.1) is 6.61 Å². The van der Waals surface area contributed by atoms with E-state index in [1.807, 2.05) is 19.1 Å². The van der Waals surface area contributed by atoms with Crippen LogP contribution in [0.5, 0.6) is 5.75 Å². The molecule has 0 saturated carbocycles. The Balaban J connectivity index is 1.70. The zero-order valence-electron chi connectivity index (χ0n) is 14.2. The summed E-state index contributed by atoms with van der Waals surface area (Å²) in [6, 6.07) is 18.2. The summed E-state index contributed by atoms with van der Waals surface area (Å²) >= 11 is 12.2. The van der Waals surface area contributed by atoms with Crippen molar-refractivity contribution < 1.29 is 4.74 Å². The third kappa shape index (κ3) is 4.46. The molecule has 3 rings (SSSR count). The molecule has 0 amide bonds. The average molecular weight is 374 g/mol. The van der Waals surface area contributed by atoms with Crippen molar-refractivity contribution in [2.45, 2.75) is 19.9 Å². The second-order valence-corrected chi connectivity index (χ2v) is 6.70. The van der Waals surface area contributed by atoms with E-state index in [-0.39, 0.29) is 0 Å². The van der Waals surface area contributed by atoms with Gasteiger partial charge in [0.25, 0.3) is 0 Å². The van der Waals surface area contributed by atoms with Crippen LogP contribution in [0, 0.1) is 0 Å². The Kier molecular flexibility index (Phi) is 6.19. The molecule has 25 heavy (non-hydrogen) atoms. The first kappa shape index (κ1) is 18.1. The number of ether oxygens (including phenoxy) is 1. The number of nitrogens with one attached hydrogen (secondary N) is 1. The third-order valence-corrected chi connectivity index (χ3v) is 4.77. The molecule has 130 valence electrons. The molecule has 0 bridgehead atoms. The maximum absolute atomic E-state index is 6.24. The SMILES string of the molecule is CCOc1ccc2ccccc2c1CNCCc1ccc(Cl)cc1Cl. The largest absolute Gasteiger partial charge is 0.494 e. The smallest absolute Gasteiger partial charge is 0.124 e. The molecule has 0 radical (unpaired) electrons. The van der Waals surface area contributed by atoms with Crippen molar-refractivity contribution in [1.82, 2.24) is 5.32 Å². The summed E-state index contributed by atoms with van der Waals surface area (Å²) in [5.41, 5.74) is 2.30. The van der Waals surface area contributed by atoms with Gasteiger partial charge in [0.2, 0.25) is 0 Å². The van der Waals surface area contributed by atoms with E-state index in [1.165, 1.54) is 16.3 Å². The molecule has 3 aromatic carbocycles. The van der Waals surface area contributed by atoms with Crippen LogP contribution < -0.4 is 10.1 Å². The van der Waals surface area contributed by atoms with Crippen LogP contribution in [-0.2, 0) is 13.0 Å². The molecule has 0 atom stereocenters. The van der Waals surface area contributed by atoms with E-state index in [4.69, 9.17) is 27.9 Å². The fourth-order valence-corrected chi connectivity index (χ4v) is 3.45. The van der Waals surface area contributed by atoms with Gasteiger partial charge in [0.15, 0.2) is 0 Å². The summed E-state index contributed by atoms with van der Waals surface area (Å²) in [4.78, 5) is 0. The van der Waals surface area contributed by atoms with Crippen molar-refractivity contribution in [3.63, 3.8) is 0 Å². The van der Waals surface area contributed by atoms with Crippen molar-refractivity contribution in [3.05, 3.63) is 75.8 Å². The lowest BCUT2D eigenvalue weighted by molar-refractivity contribution is 0.336. The fraction of sp³-hybridized carbons (Fsp3) is 0.238. The standard InChI is InChI=1S/C21H21Cl2NO/c1-2-25-21-10-8-15-5-3-4-6-18(15)19(21)14-24-12-11-16-7-9-17(22)13-20(16)23/h3-10,13,24H,2,11-12,14H2,1H3. The lowest BCUT2D eigenvalue weighted by Crippen LogP contribution is -2.17. The summed E-state index contributed by atoms with van der Waals surface area (Å²) in [7, 11) is 0. The van der Waals surface area contributed by atoms with Crippen molar-refractivity contribution in [2.75, 3.05) is 13.2 Å². The summed E-state index contributed by atoms with van der Waals surface area (Å²) in [6.45, 7) is 4.25. The van der Waals surface area contributed by atoms with Gasteiger partial charge >= 0.3 is 0 Å². The van der Waals surface area contributed by atoms with Gasteiger partial charge in [-0.05, 0) is 54.4 Å².